The lowest BCUT2D eigenvalue weighted by atomic mass is 10.0. The van der Waals surface area contributed by atoms with Crippen molar-refractivity contribution in [2.45, 2.75) is 38.8 Å². The molecule has 0 unspecified atom stereocenters. The first-order valence-corrected chi connectivity index (χ1v) is 10.6. The summed E-state index contributed by atoms with van der Waals surface area (Å²) in [5.74, 6) is 0.719. The number of piperidine rings is 1. The van der Waals surface area contributed by atoms with Crippen molar-refractivity contribution in [1.82, 2.24) is 24.5 Å². The van der Waals surface area contributed by atoms with E-state index in [1.807, 2.05) is 35.3 Å². The summed E-state index contributed by atoms with van der Waals surface area (Å²) in [7, 11) is 0. The van der Waals surface area contributed by atoms with Gasteiger partial charge in [-0.15, -0.1) is 10.2 Å². The van der Waals surface area contributed by atoms with Gasteiger partial charge >= 0.3 is 0 Å². The molecule has 0 amide bonds. The molecule has 1 fully saturated rings. The number of fused-ring (bicyclic) bond motifs is 1. The molecule has 1 saturated heterocycles. The molecular formula is C23H25FN6. The lowest BCUT2D eigenvalue weighted by Gasteiger charge is -2.33. The molecule has 1 aliphatic heterocycles. The van der Waals surface area contributed by atoms with E-state index in [-0.39, 0.29) is 5.82 Å². The average Bonchev–Trinajstić information content (AvgIpc) is 3.41. The predicted octanol–water partition coefficient (Wildman–Crippen LogP) is 4.69. The van der Waals surface area contributed by atoms with Gasteiger partial charge in [-0.1, -0.05) is 6.92 Å². The predicted molar refractivity (Wildman–Crippen MR) is 116 cm³/mol. The smallest absolute Gasteiger partial charge is 0.151 e. The van der Waals surface area contributed by atoms with Crippen LogP contribution < -0.4 is 4.90 Å². The van der Waals surface area contributed by atoms with Crippen molar-refractivity contribution in [3.63, 3.8) is 0 Å². The Bertz CT molecular complexity index is 1140. The van der Waals surface area contributed by atoms with Crippen LogP contribution in [0.4, 0.5) is 10.2 Å². The number of benzene rings is 1. The topological polar surface area (TPSA) is 51.8 Å². The van der Waals surface area contributed by atoms with Crippen LogP contribution in [-0.4, -0.2) is 37.6 Å². The van der Waals surface area contributed by atoms with Crippen molar-refractivity contribution in [2.24, 2.45) is 0 Å². The summed E-state index contributed by atoms with van der Waals surface area (Å²) >= 11 is 0. The molecule has 4 aromatic rings. The van der Waals surface area contributed by atoms with Gasteiger partial charge in [0.05, 0.1) is 17.4 Å². The van der Waals surface area contributed by atoms with Crippen LogP contribution >= 0.6 is 0 Å². The zero-order valence-corrected chi connectivity index (χ0v) is 17.1. The number of aryl methyl sites for hydroxylation is 1. The third-order valence-corrected chi connectivity index (χ3v) is 5.90. The van der Waals surface area contributed by atoms with E-state index in [0.29, 0.717) is 6.04 Å². The van der Waals surface area contributed by atoms with Crippen molar-refractivity contribution in [1.29, 1.82) is 0 Å². The zero-order chi connectivity index (χ0) is 20.5. The number of halogens is 1. The molecule has 3 aromatic heterocycles. The van der Waals surface area contributed by atoms with E-state index in [9.17, 15) is 4.39 Å². The van der Waals surface area contributed by atoms with Gasteiger partial charge < -0.3 is 9.47 Å². The van der Waals surface area contributed by atoms with Crippen LogP contribution in [0.25, 0.3) is 22.2 Å². The molecule has 4 heterocycles. The van der Waals surface area contributed by atoms with E-state index in [4.69, 9.17) is 0 Å². The first-order valence-electron chi connectivity index (χ1n) is 10.6. The van der Waals surface area contributed by atoms with E-state index in [0.717, 1.165) is 66.9 Å². The van der Waals surface area contributed by atoms with Gasteiger partial charge in [-0.2, -0.15) is 5.10 Å². The standard InChI is InChI=1S/C23H25FN6/c1-2-10-29-16-18(15-25-29)21-5-6-23(27-26-21)28-11-8-20(9-12-28)30-13-7-17-3-4-19(24)14-22(17)30/h3-7,13-16,20H,2,8-12H2,1H3. The molecular weight excluding hydrogens is 379 g/mol. The van der Waals surface area contributed by atoms with Crippen LogP contribution in [-0.2, 0) is 6.54 Å². The summed E-state index contributed by atoms with van der Waals surface area (Å²) < 4.78 is 17.9. The summed E-state index contributed by atoms with van der Waals surface area (Å²) in [6.07, 6.45) is 8.98. The average molecular weight is 404 g/mol. The van der Waals surface area contributed by atoms with E-state index >= 15 is 0 Å². The number of rotatable bonds is 5. The molecule has 0 saturated carbocycles. The highest BCUT2D eigenvalue weighted by molar-refractivity contribution is 5.80. The molecule has 0 spiro atoms. The van der Waals surface area contributed by atoms with E-state index in [1.54, 1.807) is 6.07 Å². The van der Waals surface area contributed by atoms with Gasteiger partial charge in [-0.05, 0) is 61.0 Å². The summed E-state index contributed by atoms with van der Waals surface area (Å²) in [5.41, 5.74) is 2.81. The SMILES string of the molecule is CCCn1cc(-c2ccc(N3CCC(n4ccc5ccc(F)cc54)CC3)nn2)cn1. The van der Waals surface area contributed by atoms with Gasteiger partial charge in [0.25, 0.3) is 0 Å². The van der Waals surface area contributed by atoms with Crippen molar-refractivity contribution >= 4 is 16.7 Å². The van der Waals surface area contributed by atoms with Crippen molar-refractivity contribution in [3.05, 3.63) is 60.8 Å². The molecule has 1 aliphatic rings. The highest BCUT2D eigenvalue weighted by Crippen LogP contribution is 2.30. The van der Waals surface area contributed by atoms with Gasteiger partial charge in [-0.3, -0.25) is 4.68 Å². The summed E-state index contributed by atoms with van der Waals surface area (Å²) in [6.45, 7) is 4.85. The second-order valence-corrected chi connectivity index (χ2v) is 7.91. The Morgan fingerprint density at radius 2 is 1.93 bits per heavy atom. The summed E-state index contributed by atoms with van der Waals surface area (Å²) in [5, 5.41) is 14.3. The molecule has 30 heavy (non-hydrogen) atoms. The van der Waals surface area contributed by atoms with Crippen molar-refractivity contribution < 1.29 is 4.39 Å². The van der Waals surface area contributed by atoms with E-state index in [1.165, 1.54) is 6.07 Å². The first-order chi connectivity index (χ1) is 14.7. The number of nitrogens with zero attached hydrogens (tertiary/aromatic N) is 6. The second kappa shape index (κ2) is 7.89. The second-order valence-electron chi connectivity index (χ2n) is 7.91. The summed E-state index contributed by atoms with van der Waals surface area (Å²) in [6, 6.07) is 11.5. The van der Waals surface area contributed by atoms with E-state index < -0.39 is 0 Å². The lowest BCUT2D eigenvalue weighted by Crippen LogP contribution is -2.35. The Hall–Kier alpha value is -3.22. The Labute approximate surface area is 175 Å². The van der Waals surface area contributed by atoms with E-state index in [2.05, 4.69) is 44.0 Å². The fourth-order valence-corrected chi connectivity index (χ4v) is 4.31. The fourth-order valence-electron chi connectivity index (χ4n) is 4.31. The molecule has 0 N–H and O–H groups in total. The molecule has 0 atom stereocenters. The molecule has 5 rings (SSSR count). The maximum absolute atomic E-state index is 13.7. The van der Waals surface area contributed by atoms with Crippen LogP contribution in [0.1, 0.15) is 32.2 Å². The number of aromatic nitrogens is 5. The fraction of sp³-hybridized carbons (Fsp3) is 0.348. The Morgan fingerprint density at radius 3 is 2.70 bits per heavy atom. The number of hydrogen-bond donors (Lipinski definition) is 0. The van der Waals surface area contributed by atoms with Crippen LogP contribution in [0.5, 0.6) is 0 Å². The van der Waals surface area contributed by atoms with Crippen molar-refractivity contribution in [3.8, 4) is 11.3 Å². The Morgan fingerprint density at radius 1 is 1.07 bits per heavy atom. The van der Waals surface area contributed by atoms with Crippen LogP contribution in [0, 0.1) is 5.82 Å². The minimum atomic E-state index is -0.185. The van der Waals surface area contributed by atoms with Crippen molar-refractivity contribution in [2.75, 3.05) is 18.0 Å². The third kappa shape index (κ3) is 3.56. The van der Waals surface area contributed by atoms with Crippen LogP contribution in [0.3, 0.4) is 0 Å². The molecule has 1 aromatic carbocycles. The van der Waals surface area contributed by atoms with Gasteiger partial charge in [0, 0.05) is 43.6 Å². The normalized spacial score (nSPS) is 15.2. The zero-order valence-electron chi connectivity index (χ0n) is 17.1. The van der Waals surface area contributed by atoms with Gasteiger partial charge in [0.15, 0.2) is 5.82 Å². The molecule has 0 bridgehead atoms. The lowest BCUT2D eigenvalue weighted by molar-refractivity contribution is 0.403. The van der Waals surface area contributed by atoms with Crippen LogP contribution in [0.2, 0.25) is 0 Å². The first kappa shape index (κ1) is 18.8. The number of anilines is 1. The quantitative estimate of drug-likeness (QED) is 0.484. The van der Waals surface area contributed by atoms with Gasteiger partial charge in [0.2, 0.25) is 0 Å². The Kier molecular flexibility index (Phi) is 4.94. The highest BCUT2D eigenvalue weighted by atomic mass is 19.1. The Balaban J connectivity index is 1.26. The summed E-state index contributed by atoms with van der Waals surface area (Å²) in [4.78, 5) is 2.28. The molecule has 154 valence electrons. The molecule has 0 aliphatic carbocycles. The largest absolute Gasteiger partial charge is 0.355 e. The van der Waals surface area contributed by atoms with Gasteiger partial charge in [-0.25, -0.2) is 4.39 Å². The molecule has 7 heteroatoms. The third-order valence-electron chi connectivity index (χ3n) is 5.90. The van der Waals surface area contributed by atoms with Gasteiger partial charge in [0.1, 0.15) is 5.82 Å². The minimum Gasteiger partial charge on any atom is -0.355 e. The minimum absolute atomic E-state index is 0.185. The molecule has 0 radical (unpaired) electrons. The maximum atomic E-state index is 13.7. The monoisotopic (exact) mass is 404 g/mol. The molecule has 6 nitrogen and oxygen atoms in total. The van der Waals surface area contributed by atoms with Crippen LogP contribution in [0.15, 0.2) is 55.0 Å². The highest BCUT2D eigenvalue weighted by Gasteiger charge is 2.22. The maximum Gasteiger partial charge on any atom is 0.151 e. The number of hydrogen-bond acceptors (Lipinski definition) is 4.